The van der Waals surface area contributed by atoms with Crippen LogP contribution in [0.2, 0.25) is 0 Å². The van der Waals surface area contributed by atoms with Crippen LogP contribution in [0.25, 0.3) is 0 Å². The summed E-state index contributed by atoms with van der Waals surface area (Å²) < 4.78 is 0. The van der Waals surface area contributed by atoms with E-state index in [-0.39, 0.29) is 13.1 Å². The third-order valence-electron chi connectivity index (χ3n) is 3.60. The van der Waals surface area contributed by atoms with E-state index >= 15 is 0 Å². The summed E-state index contributed by atoms with van der Waals surface area (Å²) in [6, 6.07) is 16.0. The minimum absolute atomic E-state index is 0.272. The smallest absolute Gasteiger partial charge is 0.322 e. The molecule has 0 aliphatic rings. The molecule has 6 nitrogen and oxygen atoms in total. The van der Waals surface area contributed by atoms with Crippen LogP contribution in [-0.4, -0.2) is 34.2 Å². The second kappa shape index (κ2) is 8.81. The van der Waals surface area contributed by atoms with Crippen LogP contribution < -0.4 is 10.6 Å². The van der Waals surface area contributed by atoms with Gasteiger partial charge in [0, 0.05) is 13.1 Å². The minimum atomic E-state index is -1.24. The Hall–Kier alpha value is -2.70. The molecule has 0 aliphatic carbocycles. The summed E-state index contributed by atoms with van der Waals surface area (Å²) in [5, 5.41) is 24.4. The quantitative estimate of drug-likeness (QED) is 0.556. The molecule has 0 bridgehead atoms. The van der Waals surface area contributed by atoms with Gasteiger partial charge in [0.2, 0.25) is 0 Å². The lowest BCUT2D eigenvalue weighted by molar-refractivity contribution is -0.148. The lowest BCUT2D eigenvalue weighted by Gasteiger charge is -2.23. The van der Waals surface area contributed by atoms with Crippen LogP contribution in [0, 0.1) is 0 Å². The van der Waals surface area contributed by atoms with Gasteiger partial charge in [-0.05, 0) is 11.1 Å². The van der Waals surface area contributed by atoms with Crippen molar-refractivity contribution in [3.63, 3.8) is 0 Å². The molecule has 0 saturated heterocycles. The predicted molar refractivity (Wildman–Crippen MR) is 89.4 cm³/mol. The van der Waals surface area contributed by atoms with Crippen molar-refractivity contribution in [1.82, 2.24) is 10.6 Å². The Morgan fingerprint density at radius 2 is 1.04 bits per heavy atom. The third kappa shape index (κ3) is 5.19. The summed E-state index contributed by atoms with van der Waals surface area (Å²) in [7, 11) is 0. The summed E-state index contributed by atoms with van der Waals surface area (Å²) in [6.07, 6.45) is 0. The van der Waals surface area contributed by atoms with E-state index in [1.165, 1.54) is 0 Å². The molecule has 0 heterocycles. The predicted octanol–water partition coefficient (Wildman–Crippen LogP) is 1.47. The van der Waals surface area contributed by atoms with E-state index in [1.807, 2.05) is 60.7 Å². The largest absolute Gasteiger partial charge is 0.480 e. The number of nitrogens with one attached hydrogen (secondary N) is 2. The fourth-order valence-corrected chi connectivity index (χ4v) is 2.34. The van der Waals surface area contributed by atoms with Gasteiger partial charge in [0.1, 0.15) is 12.1 Å². The topological polar surface area (TPSA) is 98.7 Å². The highest BCUT2D eigenvalue weighted by atomic mass is 16.4. The normalized spacial score (nSPS) is 13.2. The van der Waals surface area contributed by atoms with Gasteiger partial charge < -0.3 is 10.2 Å². The van der Waals surface area contributed by atoms with Gasteiger partial charge in [-0.15, -0.1) is 0 Å². The molecule has 24 heavy (non-hydrogen) atoms. The van der Waals surface area contributed by atoms with Crippen LogP contribution in [0.5, 0.6) is 0 Å². The molecule has 0 radical (unpaired) electrons. The maximum Gasteiger partial charge on any atom is 0.322 e. The van der Waals surface area contributed by atoms with E-state index in [9.17, 15) is 19.8 Å². The van der Waals surface area contributed by atoms with Crippen LogP contribution in [0.1, 0.15) is 11.1 Å². The van der Waals surface area contributed by atoms with E-state index in [0.717, 1.165) is 11.1 Å². The zero-order valence-electron chi connectivity index (χ0n) is 13.1. The number of hydrogen-bond acceptors (Lipinski definition) is 4. The van der Waals surface area contributed by atoms with Gasteiger partial charge in [0.15, 0.2) is 0 Å². The molecule has 0 unspecified atom stereocenters. The standard InChI is InChI=1S/C18H20N2O4/c21-17(22)15(19-11-13-7-3-1-4-8-13)16(18(23)24)20-12-14-9-5-2-6-10-14/h1-10,15-16,19-20H,11-12H2,(H,21,22)(H,23,24)/t15-,16-/m1/s1. The summed E-state index contributed by atoms with van der Waals surface area (Å²) in [5.74, 6) is -2.42. The van der Waals surface area contributed by atoms with Crippen molar-refractivity contribution in [2.45, 2.75) is 25.2 Å². The van der Waals surface area contributed by atoms with Crippen molar-refractivity contribution in [3.8, 4) is 0 Å². The third-order valence-corrected chi connectivity index (χ3v) is 3.60. The van der Waals surface area contributed by atoms with Crippen LogP contribution >= 0.6 is 0 Å². The summed E-state index contributed by atoms with van der Waals surface area (Å²) in [6.45, 7) is 0.545. The number of carboxylic acids is 2. The van der Waals surface area contributed by atoms with Crippen molar-refractivity contribution in [3.05, 3.63) is 71.8 Å². The van der Waals surface area contributed by atoms with Gasteiger partial charge in [-0.25, -0.2) is 0 Å². The number of aliphatic carboxylic acids is 2. The van der Waals surface area contributed by atoms with Crippen LogP contribution in [0.15, 0.2) is 60.7 Å². The van der Waals surface area contributed by atoms with Crippen molar-refractivity contribution in [2.24, 2.45) is 0 Å². The second-order valence-corrected chi connectivity index (χ2v) is 5.36. The zero-order chi connectivity index (χ0) is 17.4. The molecule has 0 aliphatic heterocycles. The van der Waals surface area contributed by atoms with Crippen molar-refractivity contribution < 1.29 is 19.8 Å². The van der Waals surface area contributed by atoms with Gasteiger partial charge in [-0.2, -0.15) is 0 Å². The molecule has 2 atom stereocenters. The average molecular weight is 328 g/mol. The molecule has 0 amide bonds. The van der Waals surface area contributed by atoms with Crippen molar-refractivity contribution >= 4 is 11.9 Å². The summed E-state index contributed by atoms with van der Waals surface area (Å²) in [4.78, 5) is 23.0. The summed E-state index contributed by atoms with van der Waals surface area (Å²) in [5.41, 5.74) is 1.77. The summed E-state index contributed by atoms with van der Waals surface area (Å²) >= 11 is 0. The second-order valence-electron chi connectivity index (χ2n) is 5.36. The Morgan fingerprint density at radius 1 is 0.708 bits per heavy atom. The fourth-order valence-electron chi connectivity index (χ4n) is 2.34. The molecule has 0 aromatic heterocycles. The molecule has 0 saturated carbocycles. The van der Waals surface area contributed by atoms with E-state index in [2.05, 4.69) is 10.6 Å². The monoisotopic (exact) mass is 328 g/mol. The first-order valence-corrected chi connectivity index (χ1v) is 7.58. The van der Waals surface area contributed by atoms with Gasteiger partial charge >= 0.3 is 11.9 Å². The molecular weight excluding hydrogens is 308 g/mol. The minimum Gasteiger partial charge on any atom is -0.480 e. The Morgan fingerprint density at radius 3 is 1.33 bits per heavy atom. The SMILES string of the molecule is O=C(O)[C@H](NCc1ccccc1)[C@@H](NCc1ccccc1)C(=O)O. The lowest BCUT2D eigenvalue weighted by Crippen LogP contribution is -2.56. The lowest BCUT2D eigenvalue weighted by atomic mass is 10.1. The van der Waals surface area contributed by atoms with Crippen molar-refractivity contribution in [2.75, 3.05) is 0 Å². The average Bonchev–Trinajstić information content (AvgIpc) is 2.59. The van der Waals surface area contributed by atoms with Gasteiger partial charge in [-0.3, -0.25) is 20.2 Å². The number of carbonyl (C=O) groups is 2. The first kappa shape index (κ1) is 17.7. The molecule has 6 heteroatoms. The molecule has 2 rings (SSSR count). The molecule has 2 aromatic rings. The first-order chi connectivity index (χ1) is 11.6. The molecule has 126 valence electrons. The maximum absolute atomic E-state index is 11.5. The Balaban J connectivity index is 2.03. The fraction of sp³-hybridized carbons (Fsp3) is 0.222. The van der Waals surface area contributed by atoms with Gasteiger partial charge in [0.05, 0.1) is 0 Å². The Labute approximate surface area is 140 Å². The van der Waals surface area contributed by atoms with Gasteiger partial charge in [-0.1, -0.05) is 60.7 Å². The zero-order valence-corrected chi connectivity index (χ0v) is 13.1. The van der Waals surface area contributed by atoms with Crippen LogP contribution in [0.4, 0.5) is 0 Å². The Bertz CT molecular complexity index is 602. The number of carboxylic acid groups (broad SMARTS) is 2. The molecule has 2 aromatic carbocycles. The molecule has 0 spiro atoms. The van der Waals surface area contributed by atoms with Crippen LogP contribution in [0.3, 0.4) is 0 Å². The van der Waals surface area contributed by atoms with E-state index in [4.69, 9.17) is 0 Å². The van der Waals surface area contributed by atoms with Crippen molar-refractivity contribution in [1.29, 1.82) is 0 Å². The van der Waals surface area contributed by atoms with Gasteiger partial charge in [0.25, 0.3) is 0 Å². The number of hydrogen-bond donors (Lipinski definition) is 4. The maximum atomic E-state index is 11.5. The number of rotatable bonds is 9. The molecule has 0 fully saturated rings. The van der Waals surface area contributed by atoms with E-state index in [0.29, 0.717) is 0 Å². The molecular formula is C18H20N2O4. The first-order valence-electron chi connectivity index (χ1n) is 7.58. The van der Waals surface area contributed by atoms with E-state index in [1.54, 1.807) is 0 Å². The Kier molecular flexibility index (Phi) is 6.48. The highest BCUT2D eigenvalue weighted by Crippen LogP contribution is 2.04. The highest BCUT2D eigenvalue weighted by molar-refractivity contribution is 5.85. The highest BCUT2D eigenvalue weighted by Gasteiger charge is 2.33. The number of benzene rings is 2. The molecule has 4 N–H and O–H groups in total. The van der Waals surface area contributed by atoms with Crippen LogP contribution in [-0.2, 0) is 22.7 Å². The van der Waals surface area contributed by atoms with E-state index < -0.39 is 24.0 Å².